The summed E-state index contributed by atoms with van der Waals surface area (Å²) in [4.78, 5) is 15.8. The van der Waals surface area contributed by atoms with Crippen molar-refractivity contribution in [3.8, 4) is 6.07 Å². The van der Waals surface area contributed by atoms with Gasteiger partial charge in [0.15, 0.2) is 5.78 Å². The Morgan fingerprint density at radius 1 is 1.39 bits per heavy atom. The van der Waals surface area contributed by atoms with Crippen LogP contribution in [0.15, 0.2) is 30.6 Å². The maximum atomic E-state index is 12.0. The van der Waals surface area contributed by atoms with E-state index < -0.39 is 0 Å². The zero-order valence-corrected chi connectivity index (χ0v) is 10.6. The van der Waals surface area contributed by atoms with Crippen LogP contribution >= 0.6 is 23.2 Å². The van der Waals surface area contributed by atoms with Gasteiger partial charge in [0, 0.05) is 18.0 Å². The number of hydrogen-bond donors (Lipinski definition) is 0. The summed E-state index contributed by atoms with van der Waals surface area (Å²) in [5.74, 6) is 0.0338. The van der Waals surface area contributed by atoms with Gasteiger partial charge in [-0.3, -0.25) is 4.79 Å². The van der Waals surface area contributed by atoms with Crippen LogP contribution in [0.4, 0.5) is 0 Å². The lowest BCUT2D eigenvalue weighted by Crippen LogP contribution is -2.11. The molecule has 0 N–H and O–H groups in total. The van der Waals surface area contributed by atoms with Crippen molar-refractivity contribution in [1.82, 2.24) is 9.55 Å². The van der Waals surface area contributed by atoms with Gasteiger partial charge in [-0.05, 0) is 18.2 Å². The highest BCUT2D eigenvalue weighted by molar-refractivity contribution is 6.42. The largest absolute Gasteiger partial charge is 0.315 e. The third-order valence-electron chi connectivity index (χ3n) is 2.37. The number of rotatable bonds is 3. The number of carbonyl (C=O) groups excluding carboxylic acids is 1. The Hall–Kier alpha value is -1.83. The molecule has 18 heavy (non-hydrogen) atoms. The minimum absolute atomic E-state index is 0.0425. The van der Waals surface area contributed by atoms with Crippen molar-refractivity contribution in [2.24, 2.45) is 0 Å². The monoisotopic (exact) mass is 279 g/mol. The van der Waals surface area contributed by atoms with Crippen LogP contribution in [-0.4, -0.2) is 15.3 Å². The summed E-state index contributed by atoms with van der Waals surface area (Å²) in [5, 5.41) is 9.51. The molecule has 0 saturated heterocycles. The summed E-state index contributed by atoms with van der Waals surface area (Å²) in [7, 11) is 0. The Morgan fingerprint density at radius 2 is 2.17 bits per heavy atom. The second-order valence-electron chi connectivity index (χ2n) is 3.54. The zero-order valence-electron chi connectivity index (χ0n) is 9.10. The standard InChI is InChI=1S/C12H7Cl2N3O/c13-9-2-1-8(5-10(9)14)11(18)7-17-4-3-16-12(17)6-15/h1-5H,7H2. The minimum Gasteiger partial charge on any atom is -0.315 e. The fraction of sp³-hybridized carbons (Fsp3) is 0.0833. The molecule has 0 bridgehead atoms. The molecule has 0 aliphatic heterocycles. The Balaban J connectivity index is 2.23. The van der Waals surface area contributed by atoms with Gasteiger partial charge in [0.05, 0.1) is 16.6 Å². The van der Waals surface area contributed by atoms with Crippen molar-refractivity contribution >= 4 is 29.0 Å². The molecule has 2 aromatic rings. The van der Waals surface area contributed by atoms with Gasteiger partial charge < -0.3 is 4.57 Å². The molecule has 0 fully saturated rings. The van der Waals surface area contributed by atoms with Crippen LogP contribution in [0.5, 0.6) is 0 Å². The molecule has 90 valence electrons. The van der Waals surface area contributed by atoms with E-state index in [1.807, 2.05) is 6.07 Å². The van der Waals surface area contributed by atoms with E-state index in [1.165, 1.54) is 16.8 Å². The van der Waals surface area contributed by atoms with E-state index in [0.717, 1.165) is 0 Å². The fourth-order valence-electron chi connectivity index (χ4n) is 1.47. The zero-order chi connectivity index (χ0) is 13.1. The smallest absolute Gasteiger partial charge is 0.213 e. The molecular formula is C12H7Cl2N3O. The molecule has 0 unspecified atom stereocenters. The predicted molar refractivity (Wildman–Crippen MR) is 67.7 cm³/mol. The first-order chi connectivity index (χ1) is 8.61. The molecule has 0 aliphatic carbocycles. The molecule has 1 aromatic heterocycles. The van der Waals surface area contributed by atoms with Crippen molar-refractivity contribution < 1.29 is 4.79 Å². The SMILES string of the molecule is N#Cc1nccn1CC(=O)c1ccc(Cl)c(Cl)c1. The first kappa shape index (κ1) is 12.6. The number of imidazole rings is 1. The second-order valence-corrected chi connectivity index (χ2v) is 4.36. The molecule has 0 amide bonds. The lowest BCUT2D eigenvalue weighted by molar-refractivity contribution is 0.0972. The van der Waals surface area contributed by atoms with Gasteiger partial charge in [-0.15, -0.1) is 0 Å². The third kappa shape index (κ3) is 2.53. The number of aromatic nitrogens is 2. The first-order valence-corrected chi connectivity index (χ1v) is 5.77. The predicted octanol–water partition coefficient (Wildman–Crippen LogP) is 2.94. The summed E-state index contributed by atoms with van der Waals surface area (Å²) < 4.78 is 1.48. The van der Waals surface area contributed by atoms with Crippen LogP contribution in [0.25, 0.3) is 0 Å². The molecule has 2 rings (SSSR count). The Kier molecular flexibility index (Phi) is 3.66. The van der Waals surface area contributed by atoms with Crippen LogP contribution in [0.2, 0.25) is 10.0 Å². The van der Waals surface area contributed by atoms with E-state index in [-0.39, 0.29) is 18.2 Å². The highest BCUT2D eigenvalue weighted by Crippen LogP contribution is 2.23. The number of carbonyl (C=O) groups is 1. The molecule has 0 radical (unpaired) electrons. The van der Waals surface area contributed by atoms with E-state index in [1.54, 1.807) is 18.3 Å². The number of Topliss-reactive ketones (excluding diaryl/α,β-unsaturated/α-hetero) is 1. The van der Waals surface area contributed by atoms with Crippen LogP contribution < -0.4 is 0 Å². The van der Waals surface area contributed by atoms with Gasteiger partial charge in [0.2, 0.25) is 5.82 Å². The molecule has 0 saturated carbocycles. The summed E-state index contributed by atoms with van der Waals surface area (Å²) in [6.07, 6.45) is 3.05. The molecule has 1 aromatic carbocycles. The number of benzene rings is 1. The summed E-state index contributed by atoms with van der Waals surface area (Å²) in [6.45, 7) is 0.0425. The van der Waals surface area contributed by atoms with Crippen molar-refractivity contribution in [1.29, 1.82) is 5.26 Å². The lowest BCUT2D eigenvalue weighted by Gasteiger charge is -2.04. The Morgan fingerprint density at radius 3 is 2.83 bits per heavy atom. The number of halogens is 2. The van der Waals surface area contributed by atoms with Crippen molar-refractivity contribution in [3.63, 3.8) is 0 Å². The van der Waals surface area contributed by atoms with Gasteiger partial charge in [0.25, 0.3) is 0 Å². The second kappa shape index (κ2) is 5.21. The van der Waals surface area contributed by atoms with Gasteiger partial charge in [-0.25, -0.2) is 4.98 Å². The van der Waals surface area contributed by atoms with Crippen LogP contribution in [0, 0.1) is 11.3 Å². The maximum absolute atomic E-state index is 12.0. The Bertz CT molecular complexity index is 643. The number of hydrogen-bond acceptors (Lipinski definition) is 3. The molecule has 0 spiro atoms. The summed E-state index contributed by atoms with van der Waals surface area (Å²) in [5.41, 5.74) is 0.446. The molecule has 0 atom stereocenters. The van der Waals surface area contributed by atoms with E-state index in [4.69, 9.17) is 28.5 Å². The molecule has 1 heterocycles. The number of ketones is 1. The topological polar surface area (TPSA) is 58.7 Å². The molecular weight excluding hydrogens is 273 g/mol. The Labute approximate surface area is 113 Å². The van der Waals surface area contributed by atoms with E-state index >= 15 is 0 Å². The quantitative estimate of drug-likeness (QED) is 0.812. The lowest BCUT2D eigenvalue weighted by atomic mass is 10.1. The highest BCUT2D eigenvalue weighted by Gasteiger charge is 2.11. The maximum Gasteiger partial charge on any atom is 0.213 e. The van der Waals surface area contributed by atoms with E-state index in [0.29, 0.717) is 15.6 Å². The summed E-state index contributed by atoms with van der Waals surface area (Å²) >= 11 is 11.6. The normalized spacial score (nSPS) is 10.1. The number of nitrogens with zero attached hydrogens (tertiary/aromatic N) is 3. The van der Waals surface area contributed by atoms with Crippen LogP contribution in [0.3, 0.4) is 0 Å². The van der Waals surface area contributed by atoms with Crippen LogP contribution in [0.1, 0.15) is 16.2 Å². The number of nitriles is 1. The van der Waals surface area contributed by atoms with Crippen molar-refractivity contribution in [2.75, 3.05) is 0 Å². The first-order valence-electron chi connectivity index (χ1n) is 5.01. The van der Waals surface area contributed by atoms with Crippen LogP contribution in [-0.2, 0) is 6.54 Å². The third-order valence-corrected chi connectivity index (χ3v) is 3.11. The minimum atomic E-state index is -0.164. The highest BCUT2D eigenvalue weighted by atomic mass is 35.5. The van der Waals surface area contributed by atoms with Crippen molar-refractivity contribution in [2.45, 2.75) is 6.54 Å². The summed E-state index contributed by atoms with van der Waals surface area (Å²) in [6, 6.07) is 6.58. The average molecular weight is 280 g/mol. The molecule has 6 heteroatoms. The van der Waals surface area contributed by atoms with Gasteiger partial charge >= 0.3 is 0 Å². The van der Waals surface area contributed by atoms with Gasteiger partial charge in [0.1, 0.15) is 6.07 Å². The van der Waals surface area contributed by atoms with Gasteiger partial charge in [-0.2, -0.15) is 5.26 Å². The van der Waals surface area contributed by atoms with E-state index in [2.05, 4.69) is 4.98 Å². The molecule has 0 aliphatic rings. The van der Waals surface area contributed by atoms with Crippen molar-refractivity contribution in [3.05, 3.63) is 52.0 Å². The molecule has 4 nitrogen and oxygen atoms in total. The average Bonchev–Trinajstić information content (AvgIpc) is 2.79. The van der Waals surface area contributed by atoms with E-state index in [9.17, 15) is 4.79 Å². The fourth-order valence-corrected chi connectivity index (χ4v) is 1.76. The van der Waals surface area contributed by atoms with Gasteiger partial charge in [-0.1, -0.05) is 23.2 Å².